The molecule has 0 aromatic carbocycles. The highest BCUT2D eigenvalue weighted by Crippen LogP contribution is 2.30. The van der Waals surface area contributed by atoms with Gasteiger partial charge < -0.3 is 46.6 Å². The molecule has 0 aromatic heterocycles. The van der Waals surface area contributed by atoms with Crippen LogP contribution in [0.1, 0.15) is 32.1 Å². The van der Waals surface area contributed by atoms with Gasteiger partial charge in [-0.05, 0) is 19.4 Å². The maximum atomic E-state index is 9.45. The second-order valence-corrected chi connectivity index (χ2v) is 4.54. The van der Waals surface area contributed by atoms with Crippen LogP contribution in [0.4, 0.5) is 0 Å². The summed E-state index contributed by atoms with van der Waals surface area (Å²) in [5.41, 5.74) is 5.27. The fourth-order valence-corrected chi connectivity index (χ4v) is 1.52. The van der Waals surface area contributed by atoms with Crippen LogP contribution in [-0.2, 0) is 0 Å². The standard InChI is InChI=1S/C10H23NO8/c11-6-4-2-1-3-5-7(12)8(13,14)9(15,16)10(17,18)19/h7,12-19H,1-6,11H2. The third kappa shape index (κ3) is 4.60. The Balaban J connectivity index is 4.47. The lowest BCUT2D eigenvalue weighted by molar-refractivity contribution is -0.517. The van der Waals surface area contributed by atoms with E-state index in [4.69, 9.17) is 31.3 Å². The smallest absolute Gasteiger partial charge is 0.338 e. The summed E-state index contributed by atoms with van der Waals surface area (Å²) in [6, 6.07) is 0. The second kappa shape index (κ2) is 6.88. The van der Waals surface area contributed by atoms with Gasteiger partial charge in [0, 0.05) is 0 Å². The third-order valence-corrected chi connectivity index (χ3v) is 2.88. The molecule has 1 unspecified atom stereocenters. The van der Waals surface area contributed by atoms with Crippen molar-refractivity contribution in [3.8, 4) is 0 Å². The molecular weight excluding hydrogens is 262 g/mol. The van der Waals surface area contributed by atoms with Crippen molar-refractivity contribution in [1.29, 1.82) is 0 Å². The van der Waals surface area contributed by atoms with Crippen molar-refractivity contribution in [1.82, 2.24) is 0 Å². The van der Waals surface area contributed by atoms with Crippen molar-refractivity contribution in [3.63, 3.8) is 0 Å². The van der Waals surface area contributed by atoms with Gasteiger partial charge in [-0.25, -0.2) is 0 Å². The zero-order chi connectivity index (χ0) is 15.3. The Morgan fingerprint density at radius 2 is 1.26 bits per heavy atom. The molecular formula is C10H23NO8. The lowest BCUT2D eigenvalue weighted by atomic mass is 9.93. The number of hydrogen-bond donors (Lipinski definition) is 9. The molecule has 0 fully saturated rings. The minimum absolute atomic E-state index is 0.253. The van der Waals surface area contributed by atoms with Crippen molar-refractivity contribution in [2.45, 2.75) is 55.8 Å². The van der Waals surface area contributed by atoms with E-state index in [0.29, 0.717) is 19.4 Å². The molecule has 0 spiro atoms. The highest BCUT2D eigenvalue weighted by molar-refractivity contribution is 4.92. The zero-order valence-corrected chi connectivity index (χ0v) is 10.5. The Kier molecular flexibility index (Phi) is 6.75. The van der Waals surface area contributed by atoms with E-state index in [2.05, 4.69) is 0 Å². The van der Waals surface area contributed by atoms with E-state index >= 15 is 0 Å². The fourth-order valence-electron chi connectivity index (χ4n) is 1.52. The minimum Gasteiger partial charge on any atom is -0.387 e. The lowest BCUT2D eigenvalue weighted by Gasteiger charge is -2.41. The summed E-state index contributed by atoms with van der Waals surface area (Å²) < 4.78 is 0. The van der Waals surface area contributed by atoms with Crippen LogP contribution in [-0.4, -0.2) is 71.0 Å². The first-order chi connectivity index (χ1) is 8.48. The molecule has 1 atom stereocenters. The Bertz CT molecular complexity index is 263. The van der Waals surface area contributed by atoms with Crippen molar-refractivity contribution < 1.29 is 40.9 Å². The number of rotatable bonds is 9. The van der Waals surface area contributed by atoms with Crippen LogP contribution in [0.3, 0.4) is 0 Å². The summed E-state index contributed by atoms with van der Waals surface area (Å²) in [4.78, 5) is 0. The third-order valence-electron chi connectivity index (χ3n) is 2.88. The van der Waals surface area contributed by atoms with E-state index in [9.17, 15) is 15.3 Å². The van der Waals surface area contributed by atoms with Crippen LogP contribution in [0.25, 0.3) is 0 Å². The van der Waals surface area contributed by atoms with Crippen molar-refractivity contribution >= 4 is 0 Å². The van der Waals surface area contributed by atoms with Gasteiger partial charge >= 0.3 is 11.8 Å². The average molecular weight is 285 g/mol. The van der Waals surface area contributed by atoms with Crippen molar-refractivity contribution in [2.75, 3.05) is 6.54 Å². The molecule has 19 heavy (non-hydrogen) atoms. The van der Waals surface area contributed by atoms with Crippen LogP contribution >= 0.6 is 0 Å². The Labute approximate surface area is 110 Å². The summed E-state index contributed by atoms with van der Waals surface area (Å²) in [6.07, 6.45) is 0.0747. The van der Waals surface area contributed by atoms with Crippen LogP contribution in [0.15, 0.2) is 0 Å². The van der Waals surface area contributed by atoms with Gasteiger partial charge in [-0.15, -0.1) is 0 Å². The van der Waals surface area contributed by atoms with Gasteiger partial charge in [-0.3, -0.25) is 0 Å². The van der Waals surface area contributed by atoms with E-state index in [0.717, 1.165) is 12.8 Å². The SMILES string of the molecule is NCCCCCCC(O)C(O)(O)C(O)(O)C(O)(O)O. The van der Waals surface area contributed by atoms with Gasteiger partial charge in [0.2, 0.25) is 0 Å². The predicted molar refractivity (Wildman–Crippen MR) is 61.9 cm³/mol. The molecule has 0 aliphatic rings. The van der Waals surface area contributed by atoms with E-state index in [-0.39, 0.29) is 6.42 Å². The van der Waals surface area contributed by atoms with E-state index in [1.54, 1.807) is 0 Å². The van der Waals surface area contributed by atoms with Crippen LogP contribution < -0.4 is 5.73 Å². The predicted octanol–water partition coefficient (Wildman–Crippen LogP) is -3.75. The first-order valence-electron chi connectivity index (χ1n) is 5.93. The monoisotopic (exact) mass is 285 g/mol. The Morgan fingerprint density at radius 1 is 0.789 bits per heavy atom. The summed E-state index contributed by atoms with van der Waals surface area (Å²) in [5.74, 6) is -12.1. The highest BCUT2D eigenvalue weighted by Gasteiger charge is 2.64. The van der Waals surface area contributed by atoms with Gasteiger partial charge in [-0.1, -0.05) is 19.3 Å². The van der Waals surface area contributed by atoms with Gasteiger partial charge in [0.15, 0.2) is 0 Å². The molecule has 10 N–H and O–H groups in total. The Morgan fingerprint density at radius 3 is 1.68 bits per heavy atom. The topological polar surface area (TPSA) is 188 Å². The number of aliphatic hydroxyl groups excluding tert-OH is 1. The van der Waals surface area contributed by atoms with E-state index in [1.807, 2.05) is 0 Å². The molecule has 0 saturated heterocycles. The lowest BCUT2D eigenvalue weighted by Crippen LogP contribution is -2.72. The molecule has 0 radical (unpaired) electrons. The number of unbranched alkanes of at least 4 members (excludes halogenated alkanes) is 3. The minimum atomic E-state index is -4.21. The Hall–Kier alpha value is -0.360. The maximum absolute atomic E-state index is 9.45. The van der Waals surface area contributed by atoms with E-state index in [1.165, 1.54) is 0 Å². The van der Waals surface area contributed by atoms with Gasteiger partial charge in [-0.2, -0.15) is 0 Å². The number of hydrogen-bond acceptors (Lipinski definition) is 9. The largest absolute Gasteiger partial charge is 0.387 e. The number of nitrogens with two attached hydrogens (primary N) is 1. The highest BCUT2D eigenvalue weighted by atomic mass is 16.7. The molecule has 9 heteroatoms. The van der Waals surface area contributed by atoms with Crippen LogP contribution in [0.2, 0.25) is 0 Å². The van der Waals surface area contributed by atoms with Gasteiger partial charge in [0.05, 0.1) is 0 Å². The van der Waals surface area contributed by atoms with Gasteiger partial charge in [0.1, 0.15) is 6.10 Å². The number of aliphatic hydroxyl groups is 8. The molecule has 0 bridgehead atoms. The first kappa shape index (κ1) is 18.6. The molecule has 9 nitrogen and oxygen atoms in total. The molecule has 0 saturated carbocycles. The normalized spacial score (nSPS) is 15.6. The second-order valence-electron chi connectivity index (χ2n) is 4.54. The molecule has 0 aromatic rings. The first-order valence-corrected chi connectivity index (χ1v) is 5.93. The maximum Gasteiger partial charge on any atom is 0.338 e. The summed E-state index contributed by atoms with van der Waals surface area (Å²) in [7, 11) is 0. The zero-order valence-electron chi connectivity index (χ0n) is 10.5. The van der Waals surface area contributed by atoms with Crippen molar-refractivity contribution in [2.24, 2.45) is 5.73 Å². The molecule has 0 aliphatic carbocycles. The fraction of sp³-hybridized carbons (Fsp3) is 1.00. The molecule has 0 rings (SSSR count). The molecule has 0 amide bonds. The average Bonchev–Trinajstić information content (AvgIpc) is 2.26. The van der Waals surface area contributed by atoms with Crippen LogP contribution in [0, 0.1) is 0 Å². The summed E-state index contributed by atoms with van der Waals surface area (Å²) >= 11 is 0. The van der Waals surface area contributed by atoms with Crippen molar-refractivity contribution in [3.05, 3.63) is 0 Å². The molecule has 116 valence electrons. The quantitative estimate of drug-likeness (QED) is 0.151. The summed E-state index contributed by atoms with van der Waals surface area (Å²) in [5, 5.41) is 72.3. The molecule has 0 aliphatic heterocycles. The molecule has 0 heterocycles. The summed E-state index contributed by atoms with van der Waals surface area (Å²) in [6.45, 7) is 0.505. The van der Waals surface area contributed by atoms with Gasteiger partial charge in [0.25, 0.3) is 5.79 Å². The van der Waals surface area contributed by atoms with Crippen LogP contribution in [0.5, 0.6) is 0 Å². The van der Waals surface area contributed by atoms with E-state index < -0.39 is 23.7 Å².